The van der Waals surface area contributed by atoms with Gasteiger partial charge in [-0.1, -0.05) is 18.2 Å². The van der Waals surface area contributed by atoms with E-state index in [2.05, 4.69) is 57.1 Å². The molecule has 1 aliphatic heterocycles. The third-order valence-corrected chi connectivity index (χ3v) is 5.44. The van der Waals surface area contributed by atoms with E-state index in [-0.39, 0.29) is 5.82 Å². The van der Waals surface area contributed by atoms with E-state index in [0.29, 0.717) is 17.3 Å². The van der Waals surface area contributed by atoms with Gasteiger partial charge < -0.3 is 15.1 Å². The molecule has 0 unspecified atom stereocenters. The molecule has 6 heteroatoms. The highest BCUT2D eigenvalue weighted by Gasteiger charge is 2.20. The van der Waals surface area contributed by atoms with Gasteiger partial charge in [-0.05, 0) is 56.2 Å². The van der Waals surface area contributed by atoms with Crippen molar-refractivity contribution in [2.45, 2.75) is 20.8 Å². The molecule has 2 heterocycles. The minimum atomic E-state index is -0.274. The molecule has 5 nitrogen and oxygen atoms in total. The zero-order valence-electron chi connectivity index (χ0n) is 17.1. The molecule has 0 aliphatic carbocycles. The summed E-state index contributed by atoms with van der Waals surface area (Å²) in [5.41, 5.74) is 4.66. The maximum absolute atomic E-state index is 13.5. The molecule has 1 aliphatic rings. The molecule has 2 aromatic carbocycles. The molecule has 1 fully saturated rings. The lowest BCUT2D eigenvalue weighted by atomic mass is 10.1. The van der Waals surface area contributed by atoms with E-state index in [4.69, 9.17) is 0 Å². The van der Waals surface area contributed by atoms with Gasteiger partial charge >= 0.3 is 0 Å². The number of nitrogens with zero attached hydrogens (tertiary/aromatic N) is 4. The van der Waals surface area contributed by atoms with Gasteiger partial charge in [-0.25, -0.2) is 14.4 Å². The van der Waals surface area contributed by atoms with Gasteiger partial charge in [0.15, 0.2) is 0 Å². The maximum atomic E-state index is 13.5. The van der Waals surface area contributed by atoms with Gasteiger partial charge in [0, 0.05) is 43.6 Å². The Morgan fingerprint density at radius 3 is 2.34 bits per heavy atom. The van der Waals surface area contributed by atoms with E-state index in [1.54, 1.807) is 6.07 Å². The molecule has 4 rings (SSSR count). The number of nitrogens with one attached hydrogen (secondary N) is 1. The number of hydrogen-bond acceptors (Lipinski definition) is 5. The molecule has 0 saturated carbocycles. The third kappa shape index (κ3) is 4.31. The summed E-state index contributed by atoms with van der Waals surface area (Å²) in [4.78, 5) is 13.8. The first-order valence-corrected chi connectivity index (χ1v) is 9.94. The van der Waals surface area contributed by atoms with Crippen molar-refractivity contribution >= 4 is 23.0 Å². The number of hydrogen-bond donors (Lipinski definition) is 1. The summed E-state index contributed by atoms with van der Waals surface area (Å²) in [5.74, 6) is 1.99. The van der Waals surface area contributed by atoms with Gasteiger partial charge in [0.25, 0.3) is 0 Å². The molecule has 0 bridgehead atoms. The Kier molecular flexibility index (Phi) is 5.34. The fourth-order valence-electron chi connectivity index (χ4n) is 3.75. The fourth-order valence-corrected chi connectivity index (χ4v) is 3.75. The van der Waals surface area contributed by atoms with E-state index >= 15 is 0 Å². The van der Waals surface area contributed by atoms with Crippen LogP contribution in [0.4, 0.5) is 27.4 Å². The van der Waals surface area contributed by atoms with Crippen LogP contribution >= 0.6 is 0 Å². The largest absolute Gasteiger partial charge is 0.368 e. The minimum Gasteiger partial charge on any atom is -0.368 e. The van der Waals surface area contributed by atoms with Crippen molar-refractivity contribution in [2.24, 2.45) is 0 Å². The highest BCUT2D eigenvalue weighted by atomic mass is 19.1. The predicted molar refractivity (Wildman–Crippen MR) is 117 cm³/mol. The molecule has 0 radical (unpaired) electrons. The van der Waals surface area contributed by atoms with Crippen molar-refractivity contribution in [1.29, 1.82) is 0 Å². The monoisotopic (exact) mass is 391 g/mol. The lowest BCUT2D eigenvalue weighted by Gasteiger charge is -2.37. The highest BCUT2D eigenvalue weighted by Crippen LogP contribution is 2.26. The first kappa shape index (κ1) is 19.2. The summed E-state index contributed by atoms with van der Waals surface area (Å²) in [6.45, 7) is 9.90. The molecule has 0 atom stereocenters. The summed E-state index contributed by atoms with van der Waals surface area (Å²) in [6.07, 6.45) is 0. The molecule has 1 N–H and O–H groups in total. The summed E-state index contributed by atoms with van der Waals surface area (Å²) in [6, 6.07) is 14.8. The SMILES string of the molecule is Cc1nc(Nc2cccc(F)c2)cc(N2CCN(c3cccc(C)c3C)CC2)n1. The van der Waals surface area contributed by atoms with Crippen LogP contribution in [0.5, 0.6) is 0 Å². The normalized spacial score (nSPS) is 14.2. The van der Waals surface area contributed by atoms with Crippen LogP contribution in [-0.4, -0.2) is 36.1 Å². The van der Waals surface area contributed by atoms with Gasteiger partial charge in [-0.15, -0.1) is 0 Å². The van der Waals surface area contributed by atoms with Crippen LogP contribution in [0.15, 0.2) is 48.5 Å². The zero-order valence-corrected chi connectivity index (χ0v) is 17.1. The second kappa shape index (κ2) is 8.07. The Bertz CT molecular complexity index is 1010. The predicted octanol–water partition coefficient (Wildman–Crippen LogP) is 4.61. The average Bonchev–Trinajstić information content (AvgIpc) is 2.70. The standard InChI is InChI=1S/C23H26FN5/c1-16-6-4-9-21(17(16)2)28-10-12-29(13-11-28)23-15-22(25-18(3)26-23)27-20-8-5-7-19(24)14-20/h4-9,14-15H,10-13H2,1-3H3,(H,25,26,27). The summed E-state index contributed by atoms with van der Waals surface area (Å²) in [7, 11) is 0. The maximum Gasteiger partial charge on any atom is 0.136 e. The smallest absolute Gasteiger partial charge is 0.136 e. The molecule has 1 aromatic heterocycles. The minimum absolute atomic E-state index is 0.274. The molecule has 150 valence electrons. The number of piperazine rings is 1. The van der Waals surface area contributed by atoms with Crippen molar-refractivity contribution in [3.63, 3.8) is 0 Å². The second-order valence-electron chi connectivity index (χ2n) is 7.49. The van der Waals surface area contributed by atoms with E-state index < -0.39 is 0 Å². The Morgan fingerprint density at radius 2 is 1.59 bits per heavy atom. The van der Waals surface area contributed by atoms with Gasteiger partial charge in [-0.2, -0.15) is 0 Å². The summed E-state index contributed by atoms with van der Waals surface area (Å²) >= 11 is 0. The lowest BCUT2D eigenvalue weighted by Crippen LogP contribution is -2.47. The highest BCUT2D eigenvalue weighted by molar-refractivity contribution is 5.61. The van der Waals surface area contributed by atoms with Gasteiger partial charge in [0.05, 0.1) is 0 Å². The van der Waals surface area contributed by atoms with E-state index in [9.17, 15) is 4.39 Å². The van der Waals surface area contributed by atoms with Crippen molar-refractivity contribution < 1.29 is 4.39 Å². The van der Waals surface area contributed by atoms with Crippen LogP contribution in [0, 0.1) is 26.6 Å². The van der Waals surface area contributed by atoms with Crippen LogP contribution in [-0.2, 0) is 0 Å². The third-order valence-electron chi connectivity index (χ3n) is 5.44. The number of benzene rings is 2. The molecule has 1 saturated heterocycles. The molecule has 0 amide bonds. The fraction of sp³-hybridized carbons (Fsp3) is 0.304. The number of aryl methyl sites for hydroxylation is 2. The molecular formula is C23H26FN5. The van der Waals surface area contributed by atoms with Gasteiger partial charge in [-0.3, -0.25) is 0 Å². The second-order valence-corrected chi connectivity index (χ2v) is 7.49. The Hall–Kier alpha value is -3.15. The molecule has 0 spiro atoms. The van der Waals surface area contributed by atoms with Crippen LogP contribution in [0.2, 0.25) is 0 Å². The topological polar surface area (TPSA) is 44.3 Å². The van der Waals surface area contributed by atoms with Crippen molar-refractivity contribution in [2.75, 3.05) is 41.3 Å². The average molecular weight is 391 g/mol. The van der Waals surface area contributed by atoms with E-state index in [1.807, 2.05) is 19.1 Å². The zero-order chi connectivity index (χ0) is 20.4. The van der Waals surface area contributed by atoms with Gasteiger partial charge in [0.2, 0.25) is 0 Å². The lowest BCUT2D eigenvalue weighted by molar-refractivity contribution is 0.628. The number of rotatable bonds is 4. The van der Waals surface area contributed by atoms with E-state index in [0.717, 1.165) is 32.0 Å². The first-order chi connectivity index (χ1) is 14.0. The quantitative estimate of drug-likeness (QED) is 0.704. The molecule has 3 aromatic rings. The first-order valence-electron chi connectivity index (χ1n) is 9.94. The van der Waals surface area contributed by atoms with Crippen molar-refractivity contribution in [1.82, 2.24) is 9.97 Å². The summed E-state index contributed by atoms with van der Waals surface area (Å²) in [5, 5.41) is 3.19. The molecule has 29 heavy (non-hydrogen) atoms. The van der Waals surface area contributed by atoms with Crippen LogP contribution in [0.3, 0.4) is 0 Å². The van der Waals surface area contributed by atoms with E-state index in [1.165, 1.54) is 28.9 Å². The summed E-state index contributed by atoms with van der Waals surface area (Å²) < 4.78 is 13.5. The van der Waals surface area contributed by atoms with Crippen molar-refractivity contribution in [3.05, 3.63) is 71.3 Å². The molecular weight excluding hydrogens is 365 g/mol. The van der Waals surface area contributed by atoms with Crippen LogP contribution in [0.1, 0.15) is 17.0 Å². The Morgan fingerprint density at radius 1 is 0.862 bits per heavy atom. The number of anilines is 4. The van der Waals surface area contributed by atoms with Gasteiger partial charge in [0.1, 0.15) is 23.3 Å². The van der Waals surface area contributed by atoms with Crippen molar-refractivity contribution in [3.8, 4) is 0 Å². The van der Waals surface area contributed by atoms with Crippen LogP contribution < -0.4 is 15.1 Å². The Balaban J connectivity index is 1.48. The number of halogens is 1. The van der Waals surface area contributed by atoms with Crippen LogP contribution in [0.25, 0.3) is 0 Å². The number of aromatic nitrogens is 2. The Labute approximate surface area is 171 Å².